The fourth-order valence-corrected chi connectivity index (χ4v) is 2.50. The minimum atomic E-state index is -0.344. The molecule has 2 aromatic carbocycles. The van der Waals surface area contributed by atoms with Crippen LogP contribution in [-0.4, -0.2) is 13.0 Å². The van der Waals surface area contributed by atoms with Gasteiger partial charge >= 0.3 is 0 Å². The summed E-state index contributed by atoms with van der Waals surface area (Å²) in [7, 11) is 1.57. The van der Waals surface area contributed by atoms with Crippen molar-refractivity contribution in [2.45, 2.75) is 19.5 Å². The summed E-state index contributed by atoms with van der Waals surface area (Å²) in [6.45, 7) is 2.19. The van der Waals surface area contributed by atoms with Gasteiger partial charge in [-0.2, -0.15) is 0 Å². The first kappa shape index (κ1) is 17.3. The Morgan fingerprint density at radius 2 is 1.96 bits per heavy atom. The number of carbonyl (C=O) groups is 1. The summed E-state index contributed by atoms with van der Waals surface area (Å²) in [5.74, 6) is 0.215. The van der Waals surface area contributed by atoms with E-state index in [1.165, 1.54) is 0 Å². The zero-order chi connectivity index (χ0) is 16.8. The summed E-state index contributed by atoms with van der Waals surface area (Å²) in [6, 6.07) is 14.6. The number of benzene rings is 2. The van der Waals surface area contributed by atoms with Gasteiger partial charge in [-0.3, -0.25) is 4.79 Å². The quantitative estimate of drug-likeness (QED) is 0.853. The van der Waals surface area contributed by atoms with Crippen molar-refractivity contribution < 1.29 is 9.53 Å². The van der Waals surface area contributed by atoms with Crippen LogP contribution in [0.1, 0.15) is 24.1 Å². The second-order valence-electron chi connectivity index (χ2n) is 5.40. The minimum Gasteiger partial charge on any atom is -0.496 e. The van der Waals surface area contributed by atoms with E-state index < -0.39 is 0 Å². The molecule has 122 valence electrons. The maximum atomic E-state index is 12.3. The topological polar surface area (TPSA) is 64.3 Å². The normalized spacial score (nSPS) is 13.2. The maximum Gasteiger partial charge on any atom is 0.225 e. The lowest BCUT2D eigenvalue weighted by Gasteiger charge is -2.20. The van der Waals surface area contributed by atoms with Crippen molar-refractivity contribution in [3.63, 3.8) is 0 Å². The number of rotatable bonds is 6. The molecule has 0 aliphatic rings. The number of nitrogens with two attached hydrogens (primary N) is 1. The van der Waals surface area contributed by atoms with Crippen molar-refractivity contribution >= 4 is 17.5 Å². The van der Waals surface area contributed by atoms with Crippen LogP contribution < -0.4 is 15.8 Å². The summed E-state index contributed by atoms with van der Waals surface area (Å²) in [6.07, 6.45) is 0. The highest BCUT2D eigenvalue weighted by Crippen LogP contribution is 2.23. The molecule has 2 rings (SSSR count). The smallest absolute Gasteiger partial charge is 0.225 e. The predicted molar refractivity (Wildman–Crippen MR) is 92.4 cm³/mol. The van der Waals surface area contributed by atoms with Gasteiger partial charge < -0.3 is 15.8 Å². The van der Waals surface area contributed by atoms with E-state index in [1.54, 1.807) is 19.2 Å². The van der Waals surface area contributed by atoms with E-state index in [-0.39, 0.29) is 17.9 Å². The molecule has 0 heterocycles. The molecule has 0 spiro atoms. The van der Waals surface area contributed by atoms with E-state index in [0.717, 1.165) is 11.1 Å². The molecule has 23 heavy (non-hydrogen) atoms. The fraction of sp³-hybridized carbons (Fsp3) is 0.278. The van der Waals surface area contributed by atoms with Crippen LogP contribution in [0.15, 0.2) is 48.5 Å². The van der Waals surface area contributed by atoms with Gasteiger partial charge in [0.1, 0.15) is 5.75 Å². The molecule has 0 aromatic heterocycles. The Morgan fingerprint density at radius 3 is 2.61 bits per heavy atom. The van der Waals surface area contributed by atoms with Crippen LogP contribution in [0, 0.1) is 5.92 Å². The van der Waals surface area contributed by atoms with Crippen LogP contribution in [0.4, 0.5) is 0 Å². The Labute approximate surface area is 141 Å². The van der Waals surface area contributed by atoms with Crippen LogP contribution in [0.5, 0.6) is 5.75 Å². The molecule has 2 aromatic rings. The summed E-state index contributed by atoms with van der Waals surface area (Å²) in [4.78, 5) is 12.3. The number of carbonyl (C=O) groups excluding carboxylic acids is 1. The first-order valence-electron chi connectivity index (χ1n) is 7.43. The highest BCUT2D eigenvalue weighted by Gasteiger charge is 2.22. The summed E-state index contributed by atoms with van der Waals surface area (Å²) in [5, 5.41) is 3.50. The molecule has 0 aliphatic heterocycles. The van der Waals surface area contributed by atoms with Crippen LogP contribution in [-0.2, 0) is 11.3 Å². The Balaban J connectivity index is 1.99. The third kappa shape index (κ3) is 4.47. The molecule has 5 heteroatoms. The number of hydrogen-bond acceptors (Lipinski definition) is 3. The Bertz CT molecular complexity index is 661. The van der Waals surface area contributed by atoms with Gasteiger partial charge in [0.15, 0.2) is 0 Å². The van der Waals surface area contributed by atoms with Crippen LogP contribution >= 0.6 is 11.6 Å². The van der Waals surface area contributed by atoms with Crippen LogP contribution in [0.3, 0.4) is 0 Å². The van der Waals surface area contributed by atoms with Gasteiger partial charge in [0, 0.05) is 23.2 Å². The minimum absolute atomic E-state index is 0.0987. The molecule has 0 saturated heterocycles. The molecular formula is C18H21ClN2O2. The Kier molecular flexibility index (Phi) is 6.02. The Morgan fingerprint density at radius 1 is 1.26 bits per heavy atom. The molecule has 0 radical (unpaired) electrons. The van der Waals surface area contributed by atoms with E-state index in [9.17, 15) is 4.79 Å². The fourth-order valence-electron chi connectivity index (χ4n) is 2.33. The van der Waals surface area contributed by atoms with E-state index in [2.05, 4.69) is 5.32 Å². The zero-order valence-electron chi connectivity index (χ0n) is 13.3. The number of hydrogen-bond donors (Lipinski definition) is 2. The van der Waals surface area contributed by atoms with Crippen molar-refractivity contribution in [1.82, 2.24) is 5.32 Å². The number of nitrogens with one attached hydrogen (secondary N) is 1. The molecule has 2 unspecified atom stereocenters. The molecule has 0 bridgehead atoms. The van der Waals surface area contributed by atoms with Crippen molar-refractivity contribution in [3.05, 3.63) is 64.7 Å². The van der Waals surface area contributed by atoms with Crippen molar-refractivity contribution in [2.24, 2.45) is 11.7 Å². The van der Waals surface area contributed by atoms with Crippen molar-refractivity contribution in [3.8, 4) is 5.75 Å². The number of halogens is 1. The molecule has 1 amide bonds. The molecule has 0 saturated carbocycles. The van der Waals surface area contributed by atoms with Crippen molar-refractivity contribution in [2.75, 3.05) is 7.11 Å². The second kappa shape index (κ2) is 7.99. The van der Waals surface area contributed by atoms with E-state index >= 15 is 0 Å². The molecule has 0 fully saturated rings. The lowest BCUT2D eigenvalue weighted by molar-refractivity contribution is -0.125. The Hall–Kier alpha value is -2.04. The SMILES string of the molecule is COc1cc(Cl)ccc1CNC(=O)C(C)C(N)c1ccccc1. The van der Waals surface area contributed by atoms with Gasteiger partial charge in [0.25, 0.3) is 0 Å². The highest BCUT2D eigenvalue weighted by molar-refractivity contribution is 6.30. The molecule has 3 N–H and O–H groups in total. The van der Waals surface area contributed by atoms with Gasteiger partial charge in [-0.1, -0.05) is 54.9 Å². The van der Waals surface area contributed by atoms with Gasteiger partial charge in [0.05, 0.1) is 13.0 Å². The van der Waals surface area contributed by atoms with E-state index in [1.807, 2.05) is 43.3 Å². The highest BCUT2D eigenvalue weighted by atomic mass is 35.5. The largest absolute Gasteiger partial charge is 0.496 e. The predicted octanol–water partition coefficient (Wildman–Crippen LogP) is 3.30. The standard InChI is InChI=1S/C18H21ClN2O2/c1-12(17(20)13-6-4-3-5-7-13)18(22)21-11-14-8-9-15(19)10-16(14)23-2/h3-10,12,17H,11,20H2,1-2H3,(H,21,22). The average Bonchev–Trinajstić information content (AvgIpc) is 2.59. The number of methoxy groups -OCH3 is 1. The summed E-state index contributed by atoms with van der Waals surface area (Å²) < 4.78 is 5.28. The van der Waals surface area contributed by atoms with Gasteiger partial charge in [-0.05, 0) is 17.7 Å². The molecular weight excluding hydrogens is 312 g/mol. The van der Waals surface area contributed by atoms with E-state index in [0.29, 0.717) is 17.3 Å². The summed E-state index contributed by atoms with van der Waals surface area (Å²) >= 11 is 5.93. The van der Waals surface area contributed by atoms with Crippen molar-refractivity contribution in [1.29, 1.82) is 0 Å². The van der Waals surface area contributed by atoms with Crippen LogP contribution in [0.2, 0.25) is 5.02 Å². The molecule has 0 aliphatic carbocycles. The monoisotopic (exact) mass is 332 g/mol. The van der Waals surface area contributed by atoms with Gasteiger partial charge in [0.2, 0.25) is 5.91 Å². The molecule has 2 atom stereocenters. The first-order chi connectivity index (χ1) is 11.0. The zero-order valence-corrected chi connectivity index (χ0v) is 14.0. The third-order valence-corrected chi connectivity index (χ3v) is 4.07. The third-order valence-electron chi connectivity index (χ3n) is 3.84. The van der Waals surface area contributed by atoms with E-state index in [4.69, 9.17) is 22.1 Å². The first-order valence-corrected chi connectivity index (χ1v) is 7.81. The summed E-state index contributed by atoms with van der Waals surface area (Å²) in [5.41, 5.74) is 7.99. The average molecular weight is 333 g/mol. The lowest BCUT2D eigenvalue weighted by Crippen LogP contribution is -2.35. The van der Waals surface area contributed by atoms with Gasteiger partial charge in [-0.25, -0.2) is 0 Å². The number of amides is 1. The lowest BCUT2D eigenvalue weighted by atomic mass is 9.94. The van der Waals surface area contributed by atoms with Crippen LogP contribution in [0.25, 0.3) is 0 Å². The van der Waals surface area contributed by atoms with Gasteiger partial charge in [-0.15, -0.1) is 0 Å². The number of ether oxygens (including phenoxy) is 1. The maximum absolute atomic E-state index is 12.3. The second-order valence-corrected chi connectivity index (χ2v) is 5.84. The molecule has 4 nitrogen and oxygen atoms in total.